The van der Waals surface area contributed by atoms with Gasteiger partial charge in [-0.15, -0.1) is 24.0 Å². The van der Waals surface area contributed by atoms with Crippen LogP contribution in [0.5, 0.6) is 0 Å². The van der Waals surface area contributed by atoms with Crippen molar-refractivity contribution in [1.29, 1.82) is 0 Å². The summed E-state index contributed by atoms with van der Waals surface area (Å²) in [4.78, 5) is 17.9. The lowest BCUT2D eigenvalue weighted by Gasteiger charge is -2.26. The van der Waals surface area contributed by atoms with Crippen molar-refractivity contribution >= 4 is 35.8 Å². The van der Waals surface area contributed by atoms with E-state index in [1.807, 2.05) is 0 Å². The van der Waals surface area contributed by atoms with Gasteiger partial charge in [0.15, 0.2) is 11.7 Å². The Morgan fingerprint density at radius 1 is 1.22 bits per heavy atom. The van der Waals surface area contributed by atoms with Gasteiger partial charge in [0.2, 0.25) is 5.91 Å². The molecule has 1 spiro atoms. The van der Waals surface area contributed by atoms with Gasteiger partial charge in [0.1, 0.15) is 12.6 Å². The van der Waals surface area contributed by atoms with Gasteiger partial charge in [0.25, 0.3) is 0 Å². The predicted octanol–water partition coefficient (Wildman–Crippen LogP) is 1.09. The zero-order valence-corrected chi connectivity index (χ0v) is 18.7. The minimum Gasteiger partial charge on any atom is -0.381 e. The van der Waals surface area contributed by atoms with Crippen LogP contribution in [0.1, 0.15) is 38.5 Å². The number of carbonyl (C=O) groups excluding carboxylic acids is 1. The zero-order valence-electron chi connectivity index (χ0n) is 16.4. The van der Waals surface area contributed by atoms with Gasteiger partial charge in [0.05, 0.1) is 6.61 Å². The van der Waals surface area contributed by atoms with Gasteiger partial charge < -0.3 is 29.7 Å². The third kappa shape index (κ3) is 6.72. The van der Waals surface area contributed by atoms with Crippen molar-refractivity contribution in [2.45, 2.75) is 56.5 Å². The molecule has 2 saturated heterocycles. The summed E-state index contributed by atoms with van der Waals surface area (Å²) in [7, 11) is 3.48. The van der Waals surface area contributed by atoms with Gasteiger partial charge in [-0.05, 0) is 25.7 Å². The molecule has 156 valence electrons. The third-order valence-electron chi connectivity index (χ3n) is 5.21. The highest BCUT2D eigenvalue weighted by Crippen LogP contribution is 2.38. The number of ether oxygens (including phenoxy) is 3. The summed E-state index contributed by atoms with van der Waals surface area (Å²) in [5.41, 5.74) is 0. The molecule has 3 fully saturated rings. The number of aliphatic imine (C=N–C) groups is 1. The van der Waals surface area contributed by atoms with Crippen molar-refractivity contribution < 1.29 is 19.0 Å². The molecular weight excluding hydrogens is 463 g/mol. The minimum atomic E-state index is -0.349. The van der Waals surface area contributed by atoms with E-state index in [1.165, 1.54) is 12.8 Å². The van der Waals surface area contributed by atoms with Crippen molar-refractivity contribution in [3.63, 3.8) is 0 Å². The molecule has 3 aliphatic rings. The summed E-state index contributed by atoms with van der Waals surface area (Å²) in [5.74, 6) is 0.282. The fourth-order valence-electron chi connectivity index (χ4n) is 3.58. The Labute approximate surface area is 178 Å². The van der Waals surface area contributed by atoms with E-state index in [0.29, 0.717) is 25.2 Å². The molecule has 0 aromatic carbocycles. The highest BCUT2D eigenvalue weighted by molar-refractivity contribution is 14.0. The standard InChI is InChI=1S/C18H32N4O4.HI/c1-22(2)16(23)12-20-17(21-14-5-9-24-10-6-14)19-11-15-13-25-18(26-15)7-3-4-8-18;/h14-15H,3-13H2,1-2H3,(H2,19,20,21);1H. The van der Waals surface area contributed by atoms with Gasteiger partial charge in [-0.2, -0.15) is 0 Å². The maximum absolute atomic E-state index is 11.9. The number of nitrogens with zero attached hydrogens (tertiary/aromatic N) is 2. The molecule has 0 radical (unpaired) electrons. The molecule has 27 heavy (non-hydrogen) atoms. The van der Waals surface area contributed by atoms with Crippen LogP contribution in [-0.2, 0) is 19.0 Å². The summed E-state index contributed by atoms with van der Waals surface area (Å²) in [6.45, 7) is 2.85. The molecule has 0 aromatic rings. The normalized spacial score (nSPS) is 25.3. The molecule has 8 nitrogen and oxygen atoms in total. The van der Waals surface area contributed by atoms with Crippen molar-refractivity contribution in [2.24, 2.45) is 4.99 Å². The number of halogens is 1. The number of carbonyl (C=O) groups is 1. The second-order valence-electron chi connectivity index (χ2n) is 7.53. The molecule has 1 aliphatic carbocycles. The number of likely N-dealkylation sites (N-methyl/N-ethyl adjacent to an activating group) is 1. The summed E-state index contributed by atoms with van der Waals surface area (Å²) in [6, 6.07) is 0.311. The van der Waals surface area contributed by atoms with Crippen LogP contribution in [-0.4, -0.2) is 81.7 Å². The maximum atomic E-state index is 11.9. The molecule has 1 saturated carbocycles. The summed E-state index contributed by atoms with van der Waals surface area (Å²) < 4.78 is 17.5. The molecule has 3 rings (SSSR count). The number of guanidine groups is 1. The number of amides is 1. The predicted molar refractivity (Wildman–Crippen MR) is 113 cm³/mol. The molecule has 1 unspecified atom stereocenters. The van der Waals surface area contributed by atoms with Crippen molar-refractivity contribution in [1.82, 2.24) is 15.5 Å². The van der Waals surface area contributed by atoms with Crippen LogP contribution in [0, 0.1) is 0 Å². The largest absolute Gasteiger partial charge is 0.381 e. The molecule has 2 aliphatic heterocycles. The van der Waals surface area contributed by atoms with Crippen LogP contribution in [0.15, 0.2) is 4.99 Å². The number of hydrogen-bond donors (Lipinski definition) is 2. The van der Waals surface area contributed by atoms with Gasteiger partial charge >= 0.3 is 0 Å². The first-order valence-electron chi connectivity index (χ1n) is 9.71. The molecule has 9 heteroatoms. The number of hydrogen-bond acceptors (Lipinski definition) is 5. The van der Waals surface area contributed by atoms with Gasteiger partial charge in [0, 0.05) is 52.7 Å². The van der Waals surface area contributed by atoms with E-state index in [9.17, 15) is 4.79 Å². The van der Waals surface area contributed by atoms with Crippen molar-refractivity contribution in [2.75, 3.05) is 47.0 Å². The van der Waals surface area contributed by atoms with E-state index in [0.717, 1.165) is 38.9 Å². The molecule has 2 N–H and O–H groups in total. The molecule has 0 bridgehead atoms. The Bertz CT molecular complexity index is 506. The first-order valence-corrected chi connectivity index (χ1v) is 9.71. The fourth-order valence-corrected chi connectivity index (χ4v) is 3.58. The van der Waals surface area contributed by atoms with E-state index in [-0.39, 0.29) is 48.3 Å². The first-order chi connectivity index (χ1) is 12.6. The lowest BCUT2D eigenvalue weighted by atomic mass is 10.1. The first kappa shape index (κ1) is 22.6. The number of rotatable bonds is 5. The highest BCUT2D eigenvalue weighted by Gasteiger charge is 2.43. The summed E-state index contributed by atoms with van der Waals surface area (Å²) in [5, 5.41) is 6.76. The van der Waals surface area contributed by atoms with Gasteiger partial charge in [-0.25, -0.2) is 4.99 Å². The summed E-state index contributed by atoms with van der Waals surface area (Å²) >= 11 is 0. The Hall–Kier alpha value is -0.650. The van der Waals surface area contributed by atoms with E-state index in [1.54, 1.807) is 19.0 Å². The second kappa shape index (κ2) is 10.8. The van der Waals surface area contributed by atoms with Crippen LogP contribution < -0.4 is 10.6 Å². The van der Waals surface area contributed by atoms with Crippen molar-refractivity contribution in [3.8, 4) is 0 Å². The van der Waals surface area contributed by atoms with Gasteiger partial charge in [-0.3, -0.25) is 4.79 Å². The second-order valence-corrected chi connectivity index (χ2v) is 7.53. The van der Waals surface area contributed by atoms with Crippen LogP contribution in [0.2, 0.25) is 0 Å². The van der Waals surface area contributed by atoms with Gasteiger partial charge in [-0.1, -0.05) is 0 Å². The Morgan fingerprint density at radius 2 is 1.93 bits per heavy atom. The third-order valence-corrected chi connectivity index (χ3v) is 5.21. The monoisotopic (exact) mass is 496 g/mol. The van der Waals surface area contributed by atoms with Crippen LogP contribution in [0.25, 0.3) is 0 Å². The van der Waals surface area contributed by atoms with Crippen LogP contribution in [0.3, 0.4) is 0 Å². The van der Waals surface area contributed by atoms with Crippen LogP contribution in [0.4, 0.5) is 0 Å². The van der Waals surface area contributed by atoms with E-state index >= 15 is 0 Å². The zero-order chi connectivity index (χ0) is 18.4. The highest BCUT2D eigenvalue weighted by atomic mass is 127. The molecular formula is C18H33IN4O4. The number of nitrogens with one attached hydrogen (secondary N) is 2. The SMILES string of the molecule is CN(C)C(=O)CN=C(NCC1COC2(CCCC2)O1)NC1CCOCC1.I. The van der Waals surface area contributed by atoms with Crippen molar-refractivity contribution in [3.05, 3.63) is 0 Å². The molecule has 1 atom stereocenters. The smallest absolute Gasteiger partial charge is 0.243 e. The fraction of sp³-hybridized carbons (Fsp3) is 0.889. The van der Waals surface area contributed by atoms with E-state index < -0.39 is 0 Å². The van der Waals surface area contributed by atoms with E-state index in [4.69, 9.17) is 14.2 Å². The van der Waals surface area contributed by atoms with E-state index in [2.05, 4.69) is 15.6 Å². The molecule has 2 heterocycles. The lowest BCUT2D eigenvalue weighted by molar-refractivity contribution is -0.160. The molecule has 0 aromatic heterocycles. The minimum absolute atomic E-state index is 0. The quantitative estimate of drug-likeness (QED) is 0.337. The Morgan fingerprint density at radius 3 is 2.59 bits per heavy atom. The van der Waals surface area contributed by atoms with Crippen LogP contribution >= 0.6 is 24.0 Å². The Kier molecular flexibility index (Phi) is 9.03. The Balaban J connectivity index is 0.00000261. The average Bonchev–Trinajstić information content (AvgIpc) is 3.27. The maximum Gasteiger partial charge on any atom is 0.243 e. The average molecular weight is 496 g/mol. The molecule has 1 amide bonds. The topological polar surface area (TPSA) is 84.4 Å². The lowest BCUT2D eigenvalue weighted by Crippen LogP contribution is -2.48. The summed E-state index contributed by atoms with van der Waals surface area (Å²) in [6.07, 6.45) is 6.21.